The summed E-state index contributed by atoms with van der Waals surface area (Å²) in [6.45, 7) is 2.44. The minimum absolute atomic E-state index is 0.0625. The van der Waals surface area contributed by atoms with Crippen LogP contribution in [-0.2, 0) is 10.0 Å². The van der Waals surface area contributed by atoms with Gasteiger partial charge in [0, 0.05) is 11.9 Å². The molecule has 0 unspecified atom stereocenters. The molecule has 3 aromatic rings. The van der Waals surface area contributed by atoms with Crippen molar-refractivity contribution in [3.05, 3.63) is 72.6 Å². The van der Waals surface area contributed by atoms with Crippen LogP contribution in [0.2, 0.25) is 0 Å². The first-order chi connectivity index (χ1) is 14.4. The predicted molar refractivity (Wildman–Crippen MR) is 114 cm³/mol. The normalized spacial score (nSPS) is 10.9. The van der Waals surface area contributed by atoms with Crippen molar-refractivity contribution in [3.8, 4) is 11.5 Å². The van der Waals surface area contributed by atoms with Gasteiger partial charge in [0.15, 0.2) is 0 Å². The van der Waals surface area contributed by atoms with E-state index >= 15 is 0 Å². The van der Waals surface area contributed by atoms with Crippen molar-refractivity contribution in [2.24, 2.45) is 0 Å². The number of aromatic nitrogens is 1. The van der Waals surface area contributed by atoms with Gasteiger partial charge in [0.1, 0.15) is 11.5 Å². The Labute approximate surface area is 174 Å². The molecule has 2 N–H and O–H groups in total. The molecule has 2 aromatic carbocycles. The van der Waals surface area contributed by atoms with E-state index in [-0.39, 0.29) is 16.1 Å². The standard InChI is InChI=1S/C21H21N3O5S/c1-3-29-19-6-4-16(5-7-19)23-21(25)15-12-17(14-22-13-15)24-30(26,27)20-10-8-18(28-2)9-11-20/h4-14,24H,3H2,1-2H3,(H,23,25). The van der Waals surface area contributed by atoms with Crippen LogP contribution < -0.4 is 19.5 Å². The Balaban J connectivity index is 1.72. The highest BCUT2D eigenvalue weighted by Gasteiger charge is 2.16. The van der Waals surface area contributed by atoms with Gasteiger partial charge in [0.05, 0.1) is 36.1 Å². The van der Waals surface area contributed by atoms with Crippen LogP contribution in [0.1, 0.15) is 17.3 Å². The number of hydrogen-bond donors (Lipinski definition) is 2. The third kappa shape index (κ3) is 5.26. The lowest BCUT2D eigenvalue weighted by molar-refractivity contribution is 0.102. The Morgan fingerprint density at radius 1 is 0.967 bits per heavy atom. The summed E-state index contributed by atoms with van der Waals surface area (Å²) in [6, 6.07) is 14.3. The molecule has 9 heteroatoms. The lowest BCUT2D eigenvalue weighted by Gasteiger charge is -2.10. The lowest BCUT2D eigenvalue weighted by atomic mass is 10.2. The number of pyridine rings is 1. The van der Waals surface area contributed by atoms with E-state index in [4.69, 9.17) is 9.47 Å². The zero-order valence-electron chi connectivity index (χ0n) is 16.5. The van der Waals surface area contributed by atoms with Gasteiger partial charge in [-0.05, 0) is 61.5 Å². The number of carbonyl (C=O) groups excluding carboxylic acids is 1. The average Bonchev–Trinajstić information content (AvgIpc) is 2.75. The molecule has 1 heterocycles. The number of anilines is 2. The van der Waals surface area contributed by atoms with E-state index in [1.807, 2.05) is 6.92 Å². The molecule has 0 bridgehead atoms. The monoisotopic (exact) mass is 427 g/mol. The number of sulfonamides is 1. The van der Waals surface area contributed by atoms with Crippen LogP contribution in [0.15, 0.2) is 71.9 Å². The molecule has 3 rings (SSSR count). The maximum absolute atomic E-state index is 12.6. The van der Waals surface area contributed by atoms with E-state index < -0.39 is 15.9 Å². The fraction of sp³-hybridized carbons (Fsp3) is 0.143. The summed E-state index contributed by atoms with van der Waals surface area (Å²) in [5.41, 5.74) is 0.955. The zero-order chi connectivity index (χ0) is 21.6. The number of nitrogens with one attached hydrogen (secondary N) is 2. The molecule has 0 fully saturated rings. The molecule has 0 atom stereocenters. The molecule has 156 valence electrons. The Morgan fingerprint density at radius 2 is 1.63 bits per heavy atom. The highest BCUT2D eigenvalue weighted by molar-refractivity contribution is 7.92. The molecule has 0 spiro atoms. The topological polar surface area (TPSA) is 107 Å². The van der Waals surface area contributed by atoms with Gasteiger partial charge in [0.25, 0.3) is 15.9 Å². The molecule has 0 radical (unpaired) electrons. The molecule has 0 aliphatic carbocycles. The van der Waals surface area contributed by atoms with Crippen LogP contribution in [0.4, 0.5) is 11.4 Å². The summed E-state index contributed by atoms with van der Waals surface area (Å²) in [5, 5.41) is 2.74. The van der Waals surface area contributed by atoms with Crippen LogP contribution in [0.25, 0.3) is 0 Å². The maximum Gasteiger partial charge on any atom is 0.261 e. The second kappa shape index (κ2) is 9.27. The van der Waals surface area contributed by atoms with Crippen LogP contribution in [0.5, 0.6) is 11.5 Å². The van der Waals surface area contributed by atoms with Crippen LogP contribution in [0, 0.1) is 0 Å². The van der Waals surface area contributed by atoms with Gasteiger partial charge in [-0.15, -0.1) is 0 Å². The Kier molecular flexibility index (Phi) is 6.53. The second-order valence-corrected chi connectivity index (χ2v) is 7.84. The van der Waals surface area contributed by atoms with E-state index in [9.17, 15) is 13.2 Å². The number of amides is 1. The smallest absolute Gasteiger partial charge is 0.261 e. The SMILES string of the molecule is CCOc1ccc(NC(=O)c2cncc(NS(=O)(=O)c3ccc(OC)cc3)c2)cc1. The van der Waals surface area contributed by atoms with Crippen molar-refractivity contribution < 1.29 is 22.7 Å². The quantitative estimate of drug-likeness (QED) is 0.569. The molecule has 30 heavy (non-hydrogen) atoms. The van der Waals surface area contributed by atoms with Crippen LogP contribution in [0.3, 0.4) is 0 Å². The molecule has 1 amide bonds. The first kappa shape index (κ1) is 21.1. The fourth-order valence-corrected chi connectivity index (χ4v) is 3.63. The molecular formula is C21H21N3O5S. The van der Waals surface area contributed by atoms with E-state index in [1.54, 1.807) is 36.4 Å². The lowest BCUT2D eigenvalue weighted by Crippen LogP contribution is -2.15. The fourth-order valence-electron chi connectivity index (χ4n) is 2.59. The summed E-state index contributed by atoms with van der Waals surface area (Å²) in [7, 11) is -2.34. The van der Waals surface area contributed by atoms with Gasteiger partial charge in [-0.1, -0.05) is 0 Å². The molecule has 0 saturated heterocycles. The third-order valence-corrected chi connectivity index (χ3v) is 5.44. The van der Waals surface area contributed by atoms with Crippen molar-refractivity contribution in [1.29, 1.82) is 0 Å². The molecule has 8 nitrogen and oxygen atoms in total. The molecule has 0 aliphatic rings. The van der Waals surface area contributed by atoms with Crippen LogP contribution in [-0.4, -0.2) is 33.0 Å². The number of ether oxygens (including phenoxy) is 2. The van der Waals surface area contributed by atoms with Gasteiger partial charge >= 0.3 is 0 Å². The first-order valence-corrected chi connectivity index (χ1v) is 10.6. The third-order valence-electron chi connectivity index (χ3n) is 4.05. The number of nitrogens with zero attached hydrogens (tertiary/aromatic N) is 1. The Morgan fingerprint density at radius 3 is 2.27 bits per heavy atom. The Hall–Kier alpha value is -3.59. The second-order valence-electron chi connectivity index (χ2n) is 6.15. The summed E-state index contributed by atoms with van der Waals surface area (Å²) >= 11 is 0. The van der Waals surface area contributed by atoms with Gasteiger partial charge in [0.2, 0.25) is 0 Å². The summed E-state index contributed by atoms with van der Waals surface area (Å²) in [6.07, 6.45) is 2.68. The van der Waals surface area contributed by atoms with Crippen molar-refractivity contribution in [3.63, 3.8) is 0 Å². The van der Waals surface area contributed by atoms with Gasteiger partial charge in [-0.25, -0.2) is 8.42 Å². The van der Waals surface area contributed by atoms with E-state index in [2.05, 4.69) is 15.0 Å². The minimum Gasteiger partial charge on any atom is -0.497 e. The van der Waals surface area contributed by atoms with Crippen molar-refractivity contribution in [1.82, 2.24) is 4.98 Å². The predicted octanol–water partition coefficient (Wildman–Crippen LogP) is 3.54. The summed E-state index contributed by atoms with van der Waals surface area (Å²) in [5.74, 6) is 0.827. The maximum atomic E-state index is 12.6. The number of benzene rings is 2. The van der Waals surface area contributed by atoms with Gasteiger partial charge < -0.3 is 14.8 Å². The number of rotatable bonds is 8. The van der Waals surface area contributed by atoms with Crippen LogP contribution >= 0.6 is 0 Å². The minimum atomic E-state index is -3.84. The van der Waals surface area contributed by atoms with Crippen molar-refractivity contribution >= 4 is 27.3 Å². The number of hydrogen-bond acceptors (Lipinski definition) is 6. The van der Waals surface area contributed by atoms with Gasteiger partial charge in [-0.3, -0.25) is 14.5 Å². The molecular weight excluding hydrogens is 406 g/mol. The highest BCUT2D eigenvalue weighted by Crippen LogP contribution is 2.20. The average molecular weight is 427 g/mol. The zero-order valence-corrected chi connectivity index (χ0v) is 17.3. The first-order valence-electron chi connectivity index (χ1n) is 9.07. The summed E-state index contributed by atoms with van der Waals surface area (Å²) in [4.78, 5) is 16.5. The molecule has 1 aromatic heterocycles. The Bertz CT molecular complexity index is 1110. The van der Waals surface area contributed by atoms with E-state index in [0.29, 0.717) is 23.8 Å². The number of carbonyl (C=O) groups is 1. The van der Waals surface area contributed by atoms with Crippen molar-refractivity contribution in [2.75, 3.05) is 23.8 Å². The number of methoxy groups -OCH3 is 1. The van der Waals surface area contributed by atoms with Gasteiger partial charge in [-0.2, -0.15) is 0 Å². The molecule has 0 aliphatic heterocycles. The van der Waals surface area contributed by atoms with Crippen molar-refractivity contribution in [2.45, 2.75) is 11.8 Å². The van der Waals surface area contributed by atoms with E-state index in [0.717, 1.165) is 0 Å². The largest absolute Gasteiger partial charge is 0.497 e. The highest BCUT2D eigenvalue weighted by atomic mass is 32.2. The summed E-state index contributed by atoms with van der Waals surface area (Å²) < 4.78 is 38.0. The van der Waals surface area contributed by atoms with E-state index in [1.165, 1.54) is 37.7 Å². The molecule has 0 saturated carbocycles.